The molecule has 0 fully saturated rings. The van der Waals surface area contributed by atoms with E-state index in [1.165, 1.54) is 12.1 Å². The summed E-state index contributed by atoms with van der Waals surface area (Å²) in [6, 6.07) is 4.43. The lowest BCUT2D eigenvalue weighted by molar-refractivity contribution is 0.111. The zero-order valence-electron chi connectivity index (χ0n) is 7.48. The molecule has 2 rings (SSSR count). The molecule has 2 aromatic heterocycles. The van der Waals surface area contributed by atoms with Crippen molar-refractivity contribution >= 4 is 17.4 Å². The normalized spacial score (nSPS) is 10.4. The minimum atomic E-state index is -0.407. The van der Waals surface area contributed by atoms with Crippen LogP contribution in [0.4, 0.5) is 0 Å². The van der Waals surface area contributed by atoms with Gasteiger partial charge >= 0.3 is 5.63 Å². The van der Waals surface area contributed by atoms with Gasteiger partial charge in [-0.05, 0) is 24.6 Å². The number of aryl methyl sites for hydroxylation is 1. The van der Waals surface area contributed by atoms with Gasteiger partial charge in [0.1, 0.15) is 11.2 Å². The molecule has 4 heteroatoms. The van der Waals surface area contributed by atoms with Crippen LogP contribution in [0.5, 0.6) is 0 Å². The van der Waals surface area contributed by atoms with E-state index in [4.69, 9.17) is 4.42 Å². The SMILES string of the molecule is Cc1cc(=O)oc2ccc(C=O)nc12. The largest absolute Gasteiger partial charge is 0.421 e. The molecule has 2 aromatic rings. The summed E-state index contributed by atoms with van der Waals surface area (Å²) in [4.78, 5) is 25.5. The highest BCUT2D eigenvalue weighted by Gasteiger charge is 2.03. The maximum atomic E-state index is 11.0. The Bertz CT molecular complexity index is 557. The van der Waals surface area contributed by atoms with Crippen LogP contribution in [0.25, 0.3) is 11.1 Å². The van der Waals surface area contributed by atoms with Crippen molar-refractivity contribution in [3.05, 3.63) is 39.9 Å². The van der Waals surface area contributed by atoms with Crippen molar-refractivity contribution in [3.63, 3.8) is 0 Å². The average molecular weight is 189 g/mol. The number of aldehydes is 1. The third-order valence-electron chi connectivity index (χ3n) is 1.92. The molecule has 14 heavy (non-hydrogen) atoms. The number of aromatic nitrogens is 1. The van der Waals surface area contributed by atoms with Crippen LogP contribution in [-0.4, -0.2) is 11.3 Å². The summed E-state index contributed by atoms with van der Waals surface area (Å²) in [5.74, 6) is 0. The molecule has 0 atom stereocenters. The Labute approximate surface area is 79.2 Å². The number of hydrogen-bond donors (Lipinski definition) is 0. The highest BCUT2D eigenvalue weighted by Crippen LogP contribution is 2.13. The predicted molar refractivity (Wildman–Crippen MR) is 50.4 cm³/mol. The van der Waals surface area contributed by atoms with Gasteiger partial charge in [-0.2, -0.15) is 0 Å². The molecule has 70 valence electrons. The van der Waals surface area contributed by atoms with Crippen LogP contribution in [0, 0.1) is 6.92 Å². The number of rotatable bonds is 1. The van der Waals surface area contributed by atoms with Crippen molar-refractivity contribution in [2.45, 2.75) is 6.92 Å². The van der Waals surface area contributed by atoms with Gasteiger partial charge in [0.15, 0.2) is 11.9 Å². The molecule has 0 bridgehead atoms. The molecular weight excluding hydrogens is 182 g/mol. The predicted octanol–water partition coefficient (Wildman–Crippen LogP) is 1.31. The molecule has 2 heterocycles. The molecule has 0 aromatic carbocycles. The van der Waals surface area contributed by atoms with Gasteiger partial charge in [-0.25, -0.2) is 9.78 Å². The molecule has 0 N–H and O–H groups in total. The van der Waals surface area contributed by atoms with E-state index >= 15 is 0 Å². The molecule has 0 saturated carbocycles. The van der Waals surface area contributed by atoms with Crippen molar-refractivity contribution in [3.8, 4) is 0 Å². The summed E-state index contributed by atoms with van der Waals surface area (Å²) in [5, 5.41) is 0. The Balaban J connectivity index is 2.88. The van der Waals surface area contributed by atoms with Crippen LogP contribution < -0.4 is 5.63 Å². The van der Waals surface area contributed by atoms with Crippen molar-refractivity contribution in [2.24, 2.45) is 0 Å². The monoisotopic (exact) mass is 189 g/mol. The van der Waals surface area contributed by atoms with Gasteiger partial charge in [-0.15, -0.1) is 0 Å². The second-order valence-electron chi connectivity index (χ2n) is 2.95. The van der Waals surface area contributed by atoms with Gasteiger partial charge in [-0.1, -0.05) is 0 Å². The summed E-state index contributed by atoms with van der Waals surface area (Å²) in [7, 11) is 0. The lowest BCUT2D eigenvalue weighted by atomic mass is 10.2. The number of nitrogens with zero attached hydrogens (tertiary/aromatic N) is 1. The van der Waals surface area contributed by atoms with E-state index in [1.807, 2.05) is 0 Å². The van der Waals surface area contributed by atoms with Gasteiger partial charge in [0.2, 0.25) is 0 Å². The first-order valence-electron chi connectivity index (χ1n) is 4.07. The van der Waals surface area contributed by atoms with Gasteiger partial charge in [0.05, 0.1) is 0 Å². The Morgan fingerprint density at radius 3 is 2.93 bits per heavy atom. The first-order chi connectivity index (χ1) is 6.70. The van der Waals surface area contributed by atoms with E-state index < -0.39 is 5.63 Å². The number of hydrogen-bond acceptors (Lipinski definition) is 4. The van der Waals surface area contributed by atoms with Gasteiger partial charge < -0.3 is 4.42 Å². The molecule has 0 aliphatic carbocycles. The van der Waals surface area contributed by atoms with E-state index in [0.29, 0.717) is 28.6 Å². The van der Waals surface area contributed by atoms with E-state index in [2.05, 4.69) is 4.98 Å². The molecule has 0 spiro atoms. The highest BCUT2D eigenvalue weighted by molar-refractivity contribution is 5.81. The third kappa shape index (κ3) is 1.31. The number of carbonyl (C=O) groups excluding carboxylic acids is 1. The summed E-state index contributed by atoms with van der Waals surface area (Å²) < 4.78 is 4.91. The molecule has 0 amide bonds. The van der Waals surface area contributed by atoms with E-state index in [0.717, 1.165) is 0 Å². The minimum absolute atomic E-state index is 0.328. The van der Waals surface area contributed by atoms with Crippen molar-refractivity contribution in [2.75, 3.05) is 0 Å². The molecule has 0 aliphatic rings. The summed E-state index contributed by atoms with van der Waals surface area (Å²) in [6.45, 7) is 1.75. The number of pyridine rings is 1. The van der Waals surface area contributed by atoms with Crippen LogP contribution in [0.3, 0.4) is 0 Å². The molecular formula is C10H7NO3. The maximum Gasteiger partial charge on any atom is 0.336 e. The van der Waals surface area contributed by atoms with Gasteiger partial charge in [0.25, 0.3) is 0 Å². The lowest BCUT2D eigenvalue weighted by Gasteiger charge is -1.98. The Morgan fingerprint density at radius 1 is 1.43 bits per heavy atom. The van der Waals surface area contributed by atoms with Gasteiger partial charge in [0, 0.05) is 6.07 Å². The minimum Gasteiger partial charge on any atom is -0.421 e. The second kappa shape index (κ2) is 3.06. The van der Waals surface area contributed by atoms with E-state index in [-0.39, 0.29) is 0 Å². The summed E-state index contributed by atoms with van der Waals surface area (Å²) in [6.07, 6.45) is 0.657. The second-order valence-corrected chi connectivity index (χ2v) is 2.95. The van der Waals surface area contributed by atoms with Crippen molar-refractivity contribution in [1.82, 2.24) is 4.98 Å². The number of carbonyl (C=O) groups is 1. The van der Waals surface area contributed by atoms with Crippen LogP contribution >= 0.6 is 0 Å². The summed E-state index contributed by atoms with van der Waals surface area (Å²) in [5.41, 5.74) is 1.58. The fraction of sp³-hybridized carbons (Fsp3) is 0.100. The smallest absolute Gasteiger partial charge is 0.336 e. The number of fused-ring (bicyclic) bond motifs is 1. The quantitative estimate of drug-likeness (QED) is 0.634. The zero-order chi connectivity index (χ0) is 10.1. The third-order valence-corrected chi connectivity index (χ3v) is 1.92. The maximum absolute atomic E-state index is 11.0. The molecule has 0 aliphatic heterocycles. The Hall–Kier alpha value is -1.97. The van der Waals surface area contributed by atoms with E-state index in [9.17, 15) is 9.59 Å². The fourth-order valence-corrected chi connectivity index (χ4v) is 1.27. The van der Waals surface area contributed by atoms with Crippen molar-refractivity contribution in [1.29, 1.82) is 0 Å². The van der Waals surface area contributed by atoms with E-state index in [1.54, 1.807) is 13.0 Å². The zero-order valence-corrected chi connectivity index (χ0v) is 7.48. The Kier molecular flexibility index (Phi) is 1.89. The fourth-order valence-electron chi connectivity index (χ4n) is 1.27. The average Bonchev–Trinajstić information content (AvgIpc) is 2.17. The first-order valence-corrected chi connectivity index (χ1v) is 4.07. The Morgan fingerprint density at radius 2 is 2.21 bits per heavy atom. The molecule has 0 radical (unpaired) electrons. The molecule has 0 saturated heterocycles. The molecule has 4 nitrogen and oxygen atoms in total. The van der Waals surface area contributed by atoms with Crippen molar-refractivity contribution < 1.29 is 9.21 Å². The van der Waals surface area contributed by atoms with Gasteiger partial charge in [-0.3, -0.25) is 4.79 Å². The van der Waals surface area contributed by atoms with Crippen LogP contribution in [-0.2, 0) is 0 Å². The topological polar surface area (TPSA) is 60.2 Å². The van der Waals surface area contributed by atoms with Crippen LogP contribution in [0.15, 0.2) is 27.4 Å². The standard InChI is InChI=1S/C10H7NO3/c1-6-4-9(13)14-8-3-2-7(5-12)11-10(6)8/h2-5H,1H3. The van der Waals surface area contributed by atoms with Crippen LogP contribution in [0.1, 0.15) is 16.1 Å². The molecule has 0 unspecified atom stereocenters. The highest BCUT2D eigenvalue weighted by atomic mass is 16.4. The van der Waals surface area contributed by atoms with Crippen LogP contribution in [0.2, 0.25) is 0 Å². The lowest BCUT2D eigenvalue weighted by Crippen LogP contribution is -2.00. The summed E-state index contributed by atoms with van der Waals surface area (Å²) >= 11 is 0. The first kappa shape index (κ1) is 8.62.